The first-order valence-electron chi connectivity index (χ1n) is 15.0. The molecule has 2 aromatic carbocycles. The van der Waals surface area contributed by atoms with E-state index < -0.39 is 0 Å². The Morgan fingerprint density at radius 2 is 1.89 bits per heavy atom. The molecular formula is C32H37ClN6O5. The number of rotatable bonds is 8. The molecule has 3 aromatic rings. The van der Waals surface area contributed by atoms with Crippen molar-refractivity contribution in [2.75, 3.05) is 45.8 Å². The highest BCUT2D eigenvalue weighted by Crippen LogP contribution is 2.36. The molecule has 0 radical (unpaired) electrons. The quantitative estimate of drug-likeness (QED) is 0.361. The van der Waals surface area contributed by atoms with E-state index in [0.717, 1.165) is 57.6 Å². The Morgan fingerprint density at radius 3 is 2.64 bits per heavy atom. The fraction of sp³-hybridized carbons (Fsp3) is 0.438. The van der Waals surface area contributed by atoms with Crippen molar-refractivity contribution < 1.29 is 23.8 Å². The topological polar surface area (TPSA) is 118 Å². The summed E-state index contributed by atoms with van der Waals surface area (Å²) in [5, 5.41) is 6.57. The Balaban J connectivity index is 1.14. The number of piperidine rings is 1. The van der Waals surface area contributed by atoms with Crippen LogP contribution in [0.1, 0.15) is 57.5 Å². The summed E-state index contributed by atoms with van der Waals surface area (Å²) in [6.07, 6.45) is 5.56. The Labute approximate surface area is 261 Å². The van der Waals surface area contributed by atoms with Gasteiger partial charge in [0.15, 0.2) is 0 Å². The number of ether oxygens (including phenoxy) is 3. The number of nitrogens with one attached hydrogen (secondary N) is 2. The maximum atomic E-state index is 13.3. The lowest BCUT2D eigenvalue weighted by atomic mass is 9.99. The minimum Gasteiger partial charge on any atom is -0.495 e. The van der Waals surface area contributed by atoms with E-state index in [4.69, 9.17) is 25.8 Å². The molecule has 0 atom stereocenters. The maximum absolute atomic E-state index is 13.3. The third kappa shape index (κ3) is 6.31. The summed E-state index contributed by atoms with van der Waals surface area (Å²) in [6, 6.07) is 9.44. The number of carbonyl (C=O) groups is 2. The number of hydrogen-bond acceptors (Lipinski definition) is 9. The molecular weight excluding hydrogens is 584 g/mol. The lowest BCUT2D eigenvalue weighted by Gasteiger charge is -2.39. The van der Waals surface area contributed by atoms with Crippen LogP contribution in [-0.2, 0) is 11.3 Å². The first-order chi connectivity index (χ1) is 21.3. The van der Waals surface area contributed by atoms with Crippen molar-refractivity contribution in [3.05, 3.63) is 63.8 Å². The van der Waals surface area contributed by atoms with Crippen molar-refractivity contribution in [3.8, 4) is 17.4 Å². The highest BCUT2D eigenvalue weighted by atomic mass is 35.5. The van der Waals surface area contributed by atoms with Gasteiger partial charge < -0.3 is 34.6 Å². The summed E-state index contributed by atoms with van der Waals surface area (Å²) in [5.41, 5.74) is 2.97. The number of nitrogens with zero attached hydrogens (tertiary/aromatic N) is 4. The molecule has 1 aromatic heterocycles. The number of aromatic nitrogens is 2. The first-order valence-corrected chi connectivity index (χ1v) is 15.3. The van der Waals surface area contributed by atoms with E-state index in [1.165, 1.54) is 7.11 Å². The SMILES string of the molecule is COc1cc(C(=O)NC2CCN(C3CCOCC3)CC2)c(Cl)cc1Nc1ncc(C)c(Oc2cccc3c2C(=O)N(C)C3)n1. The third-order valence-electron chi connectivity index (χ3n) is 8.56. The van der Waals surface area contributed by atoms with Gasteiger partial charge in [-0.05, 0) is 56.4 Å². The van der Waals surface area contributed by atoms with Gasteiger partial charge in [0, 0.05) is 63.7 Å². The van der Waals surface area contributed by atoms with Gasteiger partial charge >= 0.3 is 0 Å². The number of carbonyl (C=O) groups excluding carboxylic acids is 2. The molecule has 232 valence electrons. The van der Waals surface area contributed by atoms with Gasteiger partial charge in [0.2, 0.25) is 11.8 Å². The zero-order chi connectivity index (χ0) is 30.8. The maximum Gasteiger partial charge on any atom is 0.258 e. The molecule has 3 aliphatic rings. The Kier molecular flexibility index (Phi) is 8.88. The second-order valence-corrected chi connectivity index (χ2v) is 11.9. The first kappa shape index (κ1) is 30.1. The summed E-state index contributed by atoms with van der Waals surface area (Å²) in [4.78, 5) is 39.1. The molecule has 0 unspecified atom stereocenters. The predicted octanol–water partition coefficient (Wildman–Crippen LogP) is 4.94. The monoisotopic (exact) mass is 620 g/mol. The fourth-order valence-corrected chi connectivity index (χ4v) is 6.33. The second-order valence-electron chi connectivity index (χ2n) is 11.5. The van der Waals surface area contributed by atoms with Crippen molar-refractivity contribution in [3.63, 3.8) is 0 Å². The van der Waals surface area contributed by atoms with Gasteiger partial charge in [0.1, 0.15) is 11.5 Å². The Hall–Kier alpha value is -3.93. The summed E-state index contributed by atoms with van der Waals surface area (Å²) in [7, 11) is 3.28. The lowest BCUT2D eigenvalue weighted by molar-refractivity contribution is 0.0238. The summed E-state index contributed by atoms with van der Waals surface area (Å²) in [5.74, 6) is 1.07. The van der Waals surface area contributed by atoms with E-state index in [-0.39, 0.29) is 28.8 Å². The Bertz CT molecular complexity index is 1550. The normalized spacial score (nSPS) is 17.8. The summed E-state index contributed by atoms with van der Waals surface area (Å²) < 4.78 is 17.2. The molecule has 2 saturated heterocycles. The molecule has 2 N–H and O–H groups in total. The van der Waals surface area contributed by atoms with Crippen LogP contribution in [0.5, 0.6) is 17.4 Å². The highest BCUT2D eigenvalue weighted by Gasteiger charge is 2.30. The van der Waals surface area contributed by atoms with Crippen molar-refractivity contribution in [1.29, 1.82) is 0 Å². The largest absolute Gasteiger partial charge is 0.495 e. The number of halogens is 1. The minimum atomic E-state index is -0.234. The fourth-order valence-electron chi connectivity index (χ4n) is 6.09. The molecule has 12 heteroatoms. The van der Waals surface area contributed by atoms with Crippen molar-refractivity contribution in [2.24, 2.45) is 0 Å². The standard InChI is InChI=1S/C32H37ClN6O5/c1-19-17-34-32(37-30(19)44-26-6-4-5-20-18-38(2)31(41)28(20)26)36-25-16-24(33)23(15-27(25)42-3)29(40)35-21-7-11-39(12-8-21)22-9-13-43-14-10-22/h4-6,15-17,21-22H,7-14,18H2,1-3H3,(H,35,40)(H,34,36,37). The zero-order valence-electron chi connectivity index (χ0n) is 25.2. The number of likely N-dealkylation sites (tertiary alicyclic amines) is 1. The molecule has 0 bridgehead atoms. The third-order valence-corrected chi connectivity index (χ3v) is 8.88. The van der Waals surface area contributed by atoms with Gasteiger partial charge in [0.25, 0.3) is 11.8 Å². The van der Waals surface area contributed by atoms with Crippen molar-refractivity contribution >= 4 is 35.1 Å². The van der Waals surface area contributed by atoms with Crippen LogP contribution in [-0.4, -0.2) is 84.1 Å². The molecule has 0 spiro atoms. The second kappa shape index (κ2) is 13.0. The summed E-state index contributed by atoms with van der Waals surface area (Å²) in [6.45, 7) is 5.93. The molecule has 4 heterocycles. The minimum absolute atomic E-state index is 0.0828. The summed E-state index contributed by atoms with van der Waals surface area (Å²) >= 11 is 6.63. The van der Waals surface area contributed by atoms with Crippen LogP contribution in [0.3, 0.4) is 0 Å². The Morgan fingerprint density at radius 1 is 1.11 bits per heavy atom. The number of methoxy groups -OCH3 is 1. The number of amides is 2. The lowest BCUT2D eigenvalue weighted by Crippen LogP contribution is -2.49. The van der Waals surface area contributed by atoms with Crippen LogP contribution in [0.4, 0.5) is 11.6 Å². The molecule has 0 saturated carbocycles. The molecule has 11 nitrogen and oxygen atoms in total. The number of anilines is 2. The van der Waals surface area contributed by atoms with Gasteiger partial charge in [-0.2, -0.15) is 4.98 Å². The zero-order valence-corrected chi connectivity index (χ0v) is 25.9. The van der Waals surface area contributed by atoms with Gasteiger partial charge in [-0.1, -0.05) is 23.7 Å². The molecule has 2 amide bonds. The number of aryl methyl sites for hydroxylation is 1. The van der Waals surface area contributed by atoms with E-state index >= 15 is 0 Å². The van der Waals surface area contributed by atoms with E-state index in [0.29, 0.717) is 52.3 Å². The van der Waals surface area contributed by atoms with Crippen LogP contribution in [0.15, 0.2) is 36.5 Å². The van der Waals surface area contributed by atoms with Crippen LogP contribution < -0.4 is 20.1 Å². The number of benzene rings is 2. The van der Waals surface area contributed by atoms with Gasteiger partial charge in [-0.3, -0.25) is 9.59 Å². The average molecular weight is 621 g/mol. The van der Waals surface area contributed by atoms with Gasteiger partial charge in [-0.15, -0.1) is 0 Å². The van der Waals surface area contributed by atoms with Crippen LogP contribution in [0.25, 0.3) is 0 Å². The molecule has 3 aliphatic heterocycles. The van der Waals surface area contributed by atoms with E-state index in [9.17, 15) is 9.59 Å². The molecule has 0 aliphatic carbocycles. The van der Waals surface area contributed by atoms with Crippen LogP contribution >= 0.6 is 11.6 Å². The number of hydrogen-bond donors (Lipinski definition) is 2. The van der Waals surface area contributed by atoms with Crippen LogP contribution in [0.2, 0.25) is 5.02 Å². The van der Waals surface area contributed by atoms with Gasteiger partial charge in [-0.25, -0.2) is 4.98 Å². The van der Waals surface area contributed by atoms with Crippen molar-refractivity contribution in [1.82, 2.24) is 25.1 Å². The van der Waals surface area contributed by atoms with E-state index in [2.05, 4.69) is 25.5 Å². The van der Waals surface area contributed by atoms with Gasteiger partial charge in [0.05, 0.1) is 28.9 Å². The van der Waals surface area contributed by atoms with Crippen LogP contribution in [0, 0.1) is 6.92 Å². The predicted molar refractivity (Wildman–Crippen MR) is 166 cm³/mol. The van der Waals surface area contributed by atoms with Crippen molar-refractivity contribution in [2.45, 2.75) is 51.2 Å². The van der Waals surface area contributed by atoms with E-state index in [1.807, 2.05) is 19.1 Å². The number of fused-ring (bicyclic) bond motifs is 1. The average Bonchev–Trinajstić information content (AvgIpc) is 3.33. The molecule has 6 rings (SSSR count). The molecule has 44 heavy (non-hydrogen) atoms. The smallest absolute Gasteiger partial charge is 0.258 e. The highest BCUT2D eigenvalue weighted by molar-refractivity contribution is 6.34. The molecule has 2 fully saturated rings. The van der Waals surface area contributed by atoms with E-state index in [1.54, 1.807) is 36.3 Å².